The number of fused-ring (bicyclic) bond motifs is 1. The number of carbonyl (C=O) groups is 1. The van der Waals surface area contributed by atoms with Gasteiger partial charge in [0.25, 0.3) is 11.5 Å². The number of hydrogen-bond donors (Lipinski definition) is 0. The lowest BCUT2D eigenvalue weighted by atomic mass is 9.94. The number of hydrogen-bond acceptors (Lipinski definition) is 5. The van der Waals surface area contributed by atoms with Gasteiger partial charge in [0.2, 0.25) is 0 Å². The van der Waals surface area contributed by atoms with E-state index in [0.29, 0.717) is 65.1 Å². The third-order valence-electron chi connectivity index (χ3n) is 7.15. The van der Waals surface area contributed by atoms with Crippen LogP contribution in [0.25, 0.3) is 6.08 Å². The molecule has 1 atom stereocenters. The maximum absolute atomic E-state index is 14.1. The van der Waals surface area contributed by atoms with Crippen molar-refractivity contribution < 1.29 is 9.53 Å². The number of benzene rings is 3. The molecular formula is C32H27Cl4N3O3S. The predicted octanol–water partition coefficient (Wildman–Crippen LogP) is 7.30. The fourth-order valence-electron chi connectivity index (χ4n) is 4.94. The molecule has 5 rings (SSSR count). The Morgan fingerprint density at radius 3 is 2.30 bits per heavy atom. The number of halogens is 4. The SMILES string of the molecule is CCN(CC)C(=O)C1=C(C)N=c2s/c(=C/c3cc(Cl)ccc3OCc3ccc(Cl)cc3Cl)c(=O)n2[C@H]1c1ccc(Cl)cc1. The lowest BCUT2D eigenvalue weighted by Gasteiger charge is -2.29. The summed E-state index contributed by atoms with van der Waals surface area (Å²) in [5.74, 6) is 0.357. The molecule has 1 amide bonds. The Balaban J connectivity index is 1.62. The van der Waals surface area contributed by atoms with Gasteiger partial charge in [-0.1, -0.05) is 75.9 Å². The Hall–Kier alpha value is -3.07. The molecule has 0 radical (unpaired) electrons. The highest BCUT2D eigenvalue weighted by atomic mass is 35.5. The van der Waals surface area contributed by atoms with Crippen molar-refractivity contribution in [3.05, 3.63) is 128 Å². The zero-order valence-electron chi connectivity index (χ0n) is 23.5. The van der Waals surface area contributed by atoms with E-state index in [2.05, 4.69) is 0 Å². The number of amides is 1. The molecule has 2 heterocycles. The normalized spacial score (nSPS) is 14.9. The third-order valence-corrected chi connectivity index (χ3v) is 9.20. The number of allylic oxidation sites excluding steroid dienone is 1. The van der Waals surface area contributed by atoms with Crippen molar-refractivity contribution in [2.45, 2.75) is 33.4 Å². The molecule has 43 heavy (non-hydrogen) atoms. The average Bonchev–Trinajstić information content (AvgIpc) is 3.27. The zero-order valence-corrected chi connectivity index (χ0v) is 27.4. The lowest BCUT2D eigenvalue weighted by molar-refractivity contribution is -0.127. The van der Waals surface area contributed by atoms with Gasteiger partial charge in [0, 0.05) is 44.3 Å². The van der Waals surface area contributed by atoms with Gasteiger partial charge in [-0.05, 0) is 74.9 Å². The van der Waals surface area contributed by atoms with Crippen LogP contribution in [0, 0.1) is 0 Å². The van der Waals surface area contributed by atoms with Gasteiger partial charge in [-0.3, -0.25) is 14.2 Å². The molecule has 0 fully saturated rings. The first-order valence-corrected chi connectivity index (χ1v) is 15.9. The Morgan fingerprint density at radius 2 is 1.63 bits per heavy atom. The van der Waals surface area contributed by atoms with Gasteiger partial charge < -0.3 is 9.64 Å². The maximum Gasteiger partial charge on any atom is 0.271 e. The zero-order chi connectivity index (χ0) is 30.8. The van der Waals surface area contributed by atoms with Crippen molar-refractivity contribution >= 4 is 69.7 Å². The first kappa shape index (κ1) is 31.4. The molecule has 1 aliphatic rings. The van der Waals surface area contributed by atoms with Crippen molar-refractivity contribution in [2.24, 2.45) is 4.99 Å². The summed E-state index contributed by atoms with van der Waals surface area (Å²) in [5, 5.41) is 2.06. The molecule has 0 bridgehead atoms. The largest absolute Gasteiger partial charge is 0.488 e. The summed E-state index contributed by atoms with van der Waals surface area (Å²) >= 11 is 26.2. The summed E-state index contributed by atoms with van der Waals surface area (Å²) < 4.78 is 8.12. The monoisotopic (exact) mass is 673 g/mol. The summed E-state index contributed by atoms with van der Waals surface area (Å²) in [6, 6.07) is 16.9. The molecule has 0 saturated heterocycles. The van der Waals surface area contributed by atoms with E-state index in [9.17, 15) is 9.59 Å². The minimum atomic E-state index is -0.675. The van der Waals surface area contributed by atoms with E-state index in [1.165, 1.54) is 11.3 Å². The summed E-state index contributed by atoms with van der Waals surface area (Å²) in [5.41, 5.74) is 2.87. The Morgan fingerprint density at radius 1 is 0.977 bits per heavy atom. The molecule has 0 saturated carbocycles. The number of ether oxygens (including phenoxy) is 1. The molecule has 0 N–H and O–H groups in total. The van der Waals surface area contributed by atoms with Crippen molar-refractivity contribution in [2.75, 3.05) is 13.1 Å². The van der Waals surface area contributed by atoms with E-state index in [1.807, 2.05) is 32.9 Å². The van der Waals surface area contributed by atoms with Crippen LogP contribution in [-0.2, 0) is 11.4 Å². The van der Waals surface area contributed by atoms with Gasteiger partial charge in [0.05, 0.1) is 21.8 Å². The van der Waals surface area contributed by atoms with Gasteiger partial charge in [-0.2, -0.15) is 0 Å². The smallest absolute Gasteiger partial charge is 0.271 e. The number of aromatic nitrogens is 1. The van der Waals surface area contributed by atoms with Crippen LogP contribution in [0.4, 0.5) is 0 Å². The first-order valence-electron chi connectivity index (χ1n) is 13.5. The minimum Gasteiger partial charge on any atom is -0.488 e. The summed E-state index contributed by atoms with van der Waals surface area (Å²) in [6.45, 7) is 6.91. The quantitative estimate of drug-likeness (QED) is 0.197. The molecule has 0 aliphatic carbocycles. The number of rotatable bonds is 8. The summed E-state index contributed by atoms with van der Waals surface area (Å²) in [7, 11) is 0. The van der Waals surface area contributed by atoms with Crippen LogP contribution < -0.4 is 19.6 Å². The average molecular weight is 675 g/mol. The molecule has 1 aromatic heterocycles. The second-order valence-corrected chi connectivity index (χ2v) is 12.5. The van der Waals surface area contributed by atoms with E-state index in [4.69, 9.17) is 56.1 Å². The molecule has 222 valence electrons. The Kier molecular flexibility index (Phi) is 9.69. The second kappa shape index (κ2) is 13.3. The number of nitrogens with zero attached hydrogens (tertiary/aromatic N) is 3. The number of carbonyl (C=O) groups excluding carboxylic acids is 1. The highest BCUT2D eigenvalue weighted by molar-refractivity contribution is 7.07. The molecule has 0 unspecified atom stereocenters. The van der Waals surface area contributed by atoms with E-state index in [1.54, 1.807) is 64.1 Å². The molecular weight excluding hydrogens is 648 g/mol. The highest BCUT2D eigenvalue weighted by Gasteiger charge is 2.34. The van der Waals surface area contributed by atoms with Gasteiger partial charge in [0.1, 0.15) is 12.4 Å². The van der Waals surface area contributed by atoms with Crippen LogP contribution in [-0.4, -0.2) is 28.5 Å². The van der Waals surface area contributed by atoms with E-state index < -0.39 is 6.04 Å². The minimum absolute atomic E-state index is 0.160. The fraction of sp³-hybridized carbons (Fsp3) is 0.219. The highest BCUT2D eigenvalue weighted by Crippen LogP contribution is 2.32. The van der Waals surface area contributed by atoms with Gasteiger partial charge in [-0.25, -0.2) is 4.99 Å². The van der Waals surface area contributed by atoms with Crippen LogP contribution in [0.5, 0.6) is 5.75 Å². The molecule has 4 aromatic rings. The maximum atomic E-state index is 14.1. The molecule has 6 nitrogen and oxygen atoms in total. The number of likely N-dealkylation sites (N-methyl/N-ethyl adjacent to an activating group) is 1. The lowest BCUT2D eigenvalue weighted by Crippen LogP contribution is -2.43. The summed E-state index contributed by atoms with van der Waals surface area (Å²) in [6.07, 6.45) is 1.73. The van der Waals surface area contributed by atoms with Crippen LogP contribution in [0.1, 0.15) is 43.5 Å². The van der Waals surface area contributed by atoms with Crippen LogP contribution in [0.3, 0.4) is 0 Å². The van der Waals surface area contributed by atoms with Gasteiger partial charge >= 0.3 is 0 Å². The van der Waals surface area contributed by atoms with Gasteiger partial charge in [0.15, 0.2) is 4.80 Å². The standard InChI is InChI=1S/C32H27Cl4N3O3S/c1-4-38(5-2)31(41)28-18(3)37-32-39(29(28)19-6-9-22(33)10-7-19)30(40)27(43-32)15-21-14-23(34)12-13-26(21)42-17-20-8-11-24(35)16-25(20)36/h6-16,29H,4-5,17H2,1-3H3/b27-15+/t29-/m0/s1. The van der Waals surface area contributed by atoms with Crippen molar-refractivity contribution in [3.63, 3.8) is 0 Å². The molecule has 0 spiro atoms. The molecule has 1 aliphatic heterocycles. The van der Waals surface area contributed by atoms with Crippen LogP contribution in [0.2, 0.25) is 20.1 Å². The predicted molar refractivity (Wildman–Crippen MR) is 175 cm³/mol. The summed E-state index contributed by atoms with van der Waals surface area (Å²) in [4.78, 5) is 34.8. The van der Waals surface area contributed by atoms with Crippen LogP contribution >= 0.6 is 57.7 Å². The third kappa shape index (κ3) is 6.56. The van der Waals surface area contributed by atoms with E-state index in [0.717, 1.165) is 11.1 Å². The fourth-order valence-corrected chi connectivity index (χ4v) is 6.74. The first-order chi connectivity index (χ1) is 20.6. The second-order valence-electron chi connectivity index (χ2n) is 9.82. The van der Waals surface area contributed by atoms with Crippen molar-refractivity contribution in [3.8, 4) is 5.75 Å². The van der Waals surface area contributed by atoms with Crippen molar-refractivity contribution in [1.29, 1.82) is 0 Å². The van der Waals surface area contributed by atoms with Gasteiger partial charge in [-0.15, -0.1) is 0 Å². The Labute approximate surface area is 273 Å². The van der Waals surface area contributed by atoms with Crippen LogP contribution in [0.15, 0.2) is 81.7 Å². The topological polar surface area (TPSA) is 63.9 Å². The Bertz CT molecular complexity index is 1910. The number of thiazole rings is 1. The molecule has 11 heteroatoms. The molecule has 3 aromatic carbocycles. The van der Waals surface area contributed by atoms with Crippen molar-refractivity contribution in [1.82, 2.24) is 9.47 Å². The van der Waals surface area contributed by atoms with E-state index in [-0.39, 0.29) is 18.1 Å². The van der Waals surface area contributed by atoms with E-state index >= 15 is 0 Å².